The summed E-state index contributed by atoms with van der Waals surface area (Å²) in [7, 11) is 1.79. The number of aliphatic imine (C=N–C) groups is 1. The van der Waals surface area contributed by atoms with Gasteiger partial charge in [-0.25, -0.2) is 4.99 Å². The minimum absolute atomic E-state index is 0.0841. The number of hydrogen-bond acceptors (Lipinski definition) is 6. The molecule has 2 aliphatic heterocycles. The normalized spacial score (nSPS) is 16.8. The molecule has 1 saturated heterocycles. The first-order valence-electron chi connectivity index (χ1n) is 10.4. The summed E-state index contributed by atoms with van der Waals surface area (Å²) in [6.45, 7) is 0.739. The molecule has 0 saturated carbocycles. The maximum atomic E-state index is 12.3. The van der Waals surface area contributed by atoms with E-state index in [0.29, 0.717) is 25.5 Å². The zero-order valence-corrected chi connectivity index (χ0v) is 17.5. The maximum absolute atomic E-state index is 12.3. The Labute approximate surface area is 181 Å². The van der Waals surface area contributed by atoms with Crippen LogP contribution >= 0.6 is 0 Å². The van der Waals surface area contributed by atoms with Gasteiger partial charge < -0.3 is 19.6 Å². The Bertz CT molecular complexity index is 992. The molecule has 1 atom stereocenters. The van der Waals surface area contributed by atoms with Crippen LogP contribution in [0.3, 0.4) is 0 Å². The molecule has 2 N–H and O–H groups in total. The van der Waals surface area contributed by atoms with Crippen molar-refractivity contribution in [2.75, 3.05) is 25.2 Å². The molecule has 0 radical (unpaired) electrons. The van der Waals surface area contributed by atoms with Crippen molar-refractivity contribution >= 4 is 29.1 Å². The van der Waals surface area contributed by atoms with Crippen molar-refractivity contribution in [1.29, 1.82) is 0 Å². The minimum atomic E-state index is -0.608. The van der Waals surface area contributed by atoms with Crippen LogP contribution in [0, 0.1) is 0 Å². The average molecular weight is 422 g/mol. The fourth-order valence-electron chi connectivity index (χ4n) is 3.73. The molecule has 2 aliphatic rings. The third-order valence-electron chi connectivity index (χ3n) is 5.55. The summed E-state index contributed by atoms with van der Waals surface area (Å²) in [6.07, 6.45) is 1.98. The molecule has 31 heavy (non-hydrogen) atoms. The molecule has 2 aromatic rings. The van der Waals surface area contributed by atoms with Crippen LogP contribution in [0.1, 0.15) is 24.8 Å². The van der Waals surface area contributed by atoms with E-state index < -0.39 is 6.04 Å². The van der Waals surface area contributed by atoms with E-state index in [1.165, 1.54) is 0 Å². The molecule has 0 aliphatic carbocycles. The summed E-state index contributed by atoms with van der Waals surface area (Å²) >= 11 is 0. The molecule has 2 heterocycles. The lowest BCUT2D eigenvalue weighted by Gasteiger charge is -2.27. The van der Waals surface area contributed by atoms with Crippen LogP contribution in [0.2, 0.25) is 0 Å². The highest BCUT2D eigenvalue weighted by molar-refractivity contribution is 6.07. The zero-order valence-electron chi connectivity index (χ0n) is 17.5. The van der Waals surface area contributed by atoms with E-state index >= 15 is 0 Å². The maximum Gasteiger partial charge on any atom is 0.251 e. The predicted molar refractivity (Wildman–Crippen MR) is 117 cm³/mol. The Hall–Kier alpha value is -3.39. The largest absolute Gasteiger partial charge is 0.494 e. The Balaban J connectivity index is 1.25. The fourth-order valence-corrected chi connectivity index (χ4v) is 3.73. The second kappa shape index (κ2) is 9.18. The van der Waals surface area contributed by atoms with E-state index in [9.17, 15) is 14.7 Å². The van der Waals surface area contributed by atoms with Gasteiger partial charge in [0.2, 0.25) is 11.9 Å². The quantitative estimate of drug-likeness (QED) is 0.636. The molecule has 1 unspecified atom stereocenters. The number of nitrogens with one attached hydrogen (secondary N) is 1. The fraction of sp³-hybridized carbons (Fsp3) is 0.348. The van der Waals surface area contributed by atoms with E-state index in [2.05, 4.69) is 10.3 Å². The van der Waals surface area contributed by atoms with Gasteiger partial charge in [-0.1, -0.05) is 18.2 Å². The van der Waals surface area contributed by atoms with Gasteiger partial charge in [0.05, 0.1) is 18.9 Å². The first-order chi connectivity index (χ1) is 15.1. The van der Waals surface area contributed by atoms with E-state index in [0.717, 1.165) is 35.5 Å². The molecule has 0 aromatic heterocycles. The van der Waals surface area contributed by atoms with Gasteiger partial charge in [0.15, 0.2) is 0 Å². The number of fused-ring (bicyclic) bond motifs is 2. The number of aliphatic hydroxyl groups excluding tert-OH is 1. The van der Waals surface area contributed by atoms with Gasteiger partial charge in [-0.2, -0.15) is 0 Å². The second-order valence-electron chi connectivity index (χ2n) is 7.64. The highest BCUT2D eigenvalue weighted by Crippen LogP contribution is 2.31. The highest BCUT2D eigenvalue weighted by atomic mass is 16.5. The summed E-state index contributed by atoms with van der Waals surface area (Å²) in [5.41, 5.74) is 2.62. The summed E-state index contributed by atoms with van der Waals surface area (Å²) in [5, 5.41) is 12.2. The smallest absolute Gasteiger partial charge is 0.251 e. The van der Waals surface area contributed by atoms with Crippen molar-refractivity contribution < 1.29 is 19.4 Å². The monoisotopic (exact) mass is 422 g/mol. The van der Waals surface area contributed by atoms with E-state index in [-0.39, 0.29) is 18.4 Å². The third-order valence-corrected chi connectivity index (χ3v) is 5.55. The van der Waals surface area contributed by atoms with Crippen LogP contribution in [0.4, 0.5) is 11.4 Å². The number of anilines is 1. The van der Waals surface area contributed by atoms with Crippen molar-refractivity contribution in [1.82, 2.24) is 10.2 Å². The lowest BCUT2D eigenvalue weighted by atomic mass is 10.1. The minimum Gasteiger partial charge on any atom is -0.494 e. The van der Waals surface area contributed by atoms with Gasteiger partial charge in [0, 0.05) is 31.3 Å². The van der Waals surface area contributed by atoms with Gasteiger partial charge in [-0.05, 0) is 43.2 Å². The Kier molecular flexibility index (Phi) is 6.18. The average Bonchev–Trinajstić information content (AvgIpc) is 3.10. The molecule has 2 amide bonds. The summed E-state index contributed by atoms with van der Waals surface area (Å²) in [4.78, 5) is 32.2. The molecule has 4 rings (SSSR count). The van der Waals surface area contributed by atoms with Crippen LogP contribution in [0.15, 0.2) is 53.5 Å². The number of nitrogens with zero attached hydrogens (tertiary/aromatic N) is 3. The molecule has 0 bridgehead atoms. The number of guanidine groups is 1. The van der Waals surface area contributed by atoms with Gasteiger partial charge in [-0.3, -0.25) is 14.9 Å². The van der Waals surface area contributed by atoms with Crippen molar-refractivity contribution in [2.24, 2.45) is 4.99 Å². The van der Waals surface area contributed by atoms with Crippen LogP contribution in [0.25, 0.3) is 0 Å². The van der Waals surface area contributed by atoms with Crippen molar-refractivity contribution in [3.8, 4) is 5.75 Å². The molecule has 1 fully saturated rings. The van der Waals surface area contributed by atoms with E-state index in [1.54, 1.807) is 16.8 Å². The van der Waals surface area contributed by atoms with Gasteiger partial charge >= 0.3 is 0 Å². The third kappa shape index (κ3) is 4.54. The number of carbonyl (C=O) groups excluding carboxylic acids is 2. The van der Waals surface area contributed by atoms with Gasteiger partial charge in [0.1, 0.15) is 11.8 Å². The number of amides is 2. The lowest BCUT2D eigenvalue weighted by molar-refractivity contribution is -0.122. The summed E-state index contributed by atoms with van der Waals surface area (Å²) in [5.74, 6) is 1.05. The van der Waals surface area contributed by atoms with Gasteiger partial charge in [0.25, 0.3) is 5.91 Å². The zero-order chi connectivity index (χ0) is 21.8. The van der Waals surface area contributed by atoms with Crippen LogP contribution in [-0.2, 0) is 16.1 Å². The molecule has 8 heteroatoms. The van der Waals surface area contributed by atoms with E-state index in [1.807, 2.05) is 48.5 Å². The summed E-state index contributed by atoms with van der Waals surface area (Å²) < 4.78 is 5.86. The van der Waals surface area contributed by atoms with E-state index in [4.69, 9.17) is 4.74 Å². The number of benzene rings is 2. The number of aliphatic hydroxyl groups is 1. The topological polar surface area (TPSA) is 94.5 Å². The van der Waals surface area contributed by atoms with Crippen LogP contribution in [-0.4, -0.2) is 54.1 Å². The van der Waals surface area contributed by atoms with Crippen molar-refractivity contribution in [3.05, 3.63) is 54.1 Å². The number of carbonyl (C=O) groups is 2. The van der Waals surface area contributed by atoms with Crippen molar-refractivity contribution in [3.63, 3.8) is 0 Å². The van der Waals surface area contributed by atoms with Gasteiger partial charge in [-0.15, -0.1) is 0 Å². The molecular formula is C23H26N4O4. The first-order valence-corrected chi connectivity index (χ1v) is 10.4. The Morgan fingerprint density at radius 2 is 2.06 bits per heavy atom. The van der Waals surface area contributed by atoms with Crippen LogP contribution < -0.4 is 15.0 Å². The predicted octanol–water partition coefficient (Wildman–Crippen LogP) is 2.19. The standard InChI is InChI=1S/C23H26N4O4/c1-26(17-7-3-2-4-8-17)21(29)9-5-6-12-31-18-10-11-19-16(13-18)14-27-20(15-28)22(30)25-23(27)24-19/h2-4,7-8,10-11,13,20,28H,5-6,9,12,14-15H2,1H3,(H,24,25,30). The number of para-hydroxylation sites is 1. The molecule has 162 valence electrons. The second-order valence-corrected chi connectivity index (χ2v) is 7.64. The summed E-state index contributed by atoms with van der Waals surface area (Å²) in [6, 6.07) is 14.6. The Morgan fingerprint density at radius 1 is 1.26 bits per heavy atom. The SMILES string of the molecule is CN(C(=O)CCCCOc1ccc2c(c1)CN1C(=N2)NC(=O)C1CO)c1ccccc1. The molecule has 8 nitrogen and oxygen atoms in total. The lowest BCUT2D eigenvalue weighted by Crippen LogP contribution is -2.39. The molecular weight excluding hydrogens is 396 g/mol. The first kappa shape index (κ1) is 20.9. The number of hydrogen-bond donors (Lipinski definition) is 2. The number of unbranched alkanes of at least 4 members (excludes halogenated alkanes) is 1. The number of ether oxygens (including phenoxy) is 1. The Morgan fingerprint density at radius 3 is 2.84 bits per heavy atom. The molecule has 0 spiro atoms. The van der Waals surface area contributed by atoms with Crippen LogP contribution in [0.5, 0.6) is 5.75 Å². The van der Waals surface area contributed by atoms with Crippen molar-refractivity contribution in [2.45, 2.75) is 31.8 Å². The molecule has 2 aromatic carbocycles. The highest BCUT2D eigenvalue weighted by Gasteiger charge is 2.38. The number of rotatable bonds is 8.